The third-order valence-electron chi connectivity index (χ3n) is 0. The molecule has 0 fully saturated rings. The molecule has 0 aliphatic rings. The van der Waals surface area contributed by atoms with Gasteiger partial charge in [-0.3, -0.25) is 0 Å². The summed E-state index contributed by atoms with van der Waals surface area (Å²) in [5.74, 6) is 0. The average molecular weight is 198 g/mol. The Bertz CT molecular complexity index is 31.1. The van der Waals surface area contributed by atoms with Crippen molar-refractivity contribution in [1.82, 2.24) is 0 Å². The van der Waals surface area contributed by atoms with Crippen LogP contribution in [0.3, 0.4) is 0 Å². The van der Waals surface area contributed by atoms with Gasteiger partial charge >= 0.3 is 0 Å². The molecule has 32 valence electrons. The molecular formula is C2H3FeNRu. The Hall–Kier alpha value is 0.633. The first-order valence-corrected chi connectivity index (χ1v) is 0.724. The van der Waals surface area contributed by atoms with Crippen LogP contribution in [0, 0.1) is 11.3 Å². The summed E-state index contributed by atoms with van der Waals surface area (Å²) in [6.07, 6.45) is 0. The summed E-state index contributed by atoms with van der Waals surface area (Å²) in [5.41, 5.74) is 0. The zero-order valence-electron chi connectivity index (χ0n) is 2.65. The fourth-order valence-corrected chi connectivity index (χ4v) is 0. The topological polar surface area (TPSA) is 23.8 Å². The molecule has 0 atom stereocenters. The summed E-state index contributed by atoms with van der Waals surface area (Å²) in [6.45, 7) is 1.43. The molecule has 0 bridgehead atoms. The van der Waals surface area contributed by atoms with Gasteiger partial charge in [-0.15, -0.1) is 0 Å². The van der Waals surface area contributed by atoms with Crippen LogP contribution in [0.1, 0.15) is 6.92 Å². The molecule has 0 unspecified atom stereocenters. The van der Waals surface area contributed by atoms with Crippen molar-refractivity contribution in [2.24, 2.45) is 0 Å². The van der Waals surface area contributed by atoms with Gasteiger partial charge < -0.3 is 0 Å². The van der Waals surface area contributed by atoms with E-state index in [-0.39, 0.29) is 36.5 Å². The van der Waals surface area contributed by atoms with E-state index in [1.54, 1.807) is 6.07 Å². The second-order valence-corrected chi connectivity index (χ2v) is 0.224. The van der Waals surface area contributed by atoms with Gasteiger partial charge in [0.05, 0.1) is 6.07 Å². The maximum atomic E-state index is 7.32. The number of hydrogen-bond donors (Lipinski definition) is 0. The minimum atomic E-state index is 0. The Morgan fingerprint density at radius 3 is 1.60 bits per heavy atom. The normalized spacial score (nSPS) is 1.60. The minimum absolute atomic E-state index is 0. The van der Waals surface area contributed by atoms with Crippen LogP contribution >= 0.6 is 0 Å². The van der Waals surface area contributed by atoms with E-state index in [2.05, 4.69) is 0 Å². The van der Waals surface area contributed by atoms with Crippen LogP contribution in [0.15, 0.2) is 0 Å². The van der Waals surface area contributed by atoms with Crippen molar-refractivity contribution >= 4 is 0 Å². The van der Waals surface area contributed by atoms with Crippen LogP contribution < -0.4 is 0 Å². The number of nitrogens with zero attached hydrogens (tertiary/aromatic N) is 1. The maximum Gasteiger partial charge on any atom is 0.0587 e. The van der Waals surface area contributed by atoms with Gasteiger partial charge in [0.15, 0.2) is 0 Å². The van der Waals surface area contributed by atoms with Crippen LogP contribution in [-0.4, -0.2) is 0 Å². The molecule has 1 nitrogen and oxygen atoms in total. The fraction of sp³-hybridized carbons (Fsp3) is 0.500. The molecule has 0 radical (unpaired) electrons. The van der Waals surface area contributed by atoms with Crippen molar-refractivity contribution in [3.05, 3.63) is 0 Å². The first-order chi connectivity index (χ1) is 1.41. The molecule has 3 heteroatoms. The van der Waals surface area contributed by atoms with Gasteiger partial charge in [0.25, 0.3) is 0 Å². The van der Waals surface area contributed by atoms with Gasteiger partial charge in [0.2, 0.25) is 0 Å². The summed E-state index contributed by atoms with van der Waals surface area (Å²) in [4.78, 5) is 0. The van der Waals surface area contributed by atoms with Crippen molar-refractivity contribution in [3.8, 4) is 6.07 Å². The molecular weight excluding hydrogens is 195 g/mol. The van der Waals surface area contributed by atoms with Crippen molar-refractivity contribution in [2.45, 2.75) is 6.92 Å². The Balaban J connectivity index is -0.0000000200. The molecule has 0 aliphatic carbocycles. The first kappa shape index (κ1) is 17.4. The minimum Gasteiger partial charge on any atom is -0.199 e. The van der Waals surface area contributed by atoms with Crippen molar-refractivity contribution in [2.75, 3.05) is 0 Å². The molecule has 0 rings (SSSR count). The Labute approximate surface area is 55.0 Å². The summed E-state index contributed by atoms with van der Waals surface area (Å²) >= 11 is 0. The second kappa shape index (κ2) is 22.9. The predicted molar refractivity (Wildman–Crippen MR) is 11.3 cm³/mol. The van der Waals surface area contributed by atoms with Gasteiger partial charge in [-0.1, -0.05) is 0 Å². The van der Waals surface area contributed by atoms with Crippen LogP contribution in [0.2, 0.25) is 0 Å². The predicted octanol–water partition coefficient (Wildman–Crippen LogP) is 0.525. The summed E-state index contributed by atoms with van der Waals surface area (Å²) in [5, 5.41) is 7.32. The molecule has 0 heterocycles. The van der Waals surface area contributed by atoms with E-state index < -0.39 is 0 Å². The average Bonchev–Trinajstić information content (AvgIpc) is 0.918. The summed E-state index contributed by atoms with van der Waals surface area (Å²) in [6, 6.07) is 1.75. The van der Waals surface area contributed by atoms with Crippen LogP contribution in [0.4, 0.5) is 0 Å². The van der Waals surface area contributed by atoms with Gasteiger partial charge in [-0.2, -0.15) is 5.26 Å². The second-order valence-electron chi connectivity index (χ2n) is 0.224. The quantitative estimate of drug-likeness (QED) is 0.520. The number of nitriles is 1. The molecule has 0 amide bonds. The van der Waals surface area contributed by atoms with E-state index >= 15 is 0 Å². The molecule has 5 heavy (non-hydrogen) atoms. The first-order valence-electron chi connectivity index (χ1n) is 0.724. The third-order valence-corrected chi connectivity index (χ3v) is 0. The molecule has 0 aromatic rings. The van der Waals surface area contributed by atoms with E-state index in [4.69, 9.17) is 5.26 Å². The summed E-state index contributed by atoms with van der Waals surface area (Å²) < 4.78 is 0. The number of hydrogen-bond acceptors (Lipinski definition) is 1. The molecule has 0 aromatic carbocycles. The molecule has 0 N–H and O–H groups in total. The summed E-state index contributed by atoms with van der Waals surface area (Å²) in [7, 11) is 0. The zero-order valence-corrected chi connectivity index (χ0v) is 5.50. The Morgan fingerprint density at radius 2 is 1.60 bits per heavy atom. The van der Waals surface area contributed by atoms with Crippen molar-refractivity contribution < 1.29 is 36.5 Å². The van der Waals surface area contributed by atoms with Gasteiger partial charge in [0, 0.05) is 43.5 Å². The third kappa shape index (κ3) is 80.2. The largest absolute Gasteiger partial charge is 0.199 e. The smallest absolute Gasteiger partial charge is 0.0587 e. The standard InChI is InChI=1S/C2H3N.Fe.Ru/c1-2-3;;/h1H3;;. The van der Waals surface area contributed by atoms with Crippen molar-refractivity contribution in [3.63, 3.8) is 0 Å². The van der Waals surface area contributed by atoms with Crippen LogP contribution in [0.5, 0.6) is 0 Å². The van der Waals surface area contributed by atoms with Gasteiger partial charge in [-0.25, -0.2) is 0 Å². The van der Waals surface area contributed by atoms with Gasteiger partial charge in [-0.05, 0) is 0 Å². The van der Waals surface area contributed by atoms with Crippen LogP contribution in [-0.2, 0) is 36.5 Å². The molecule has 0 saturated carbocycles. The number of rotatable bonds is 0. The SMILES string of the molecule is CC#N.[Fe].[Ru]. The van der Waals surface area contributed by atoms with E-state index in [1.165, 1.54) is 6.92 Å². The van der Waals surface area contributed by atoms with E-state index in [0.717, 1.165) is 0 Å². The van der Waals surface area contributed by atoms with E-state index in [1.807, 2.05) is 0 Å². The molecule has 0 spiro atoms. The Morgan fingerprint density at radius 1 is 1.60 bits per heavy atom. The van der Waals surface area contributed by atoms with Crippen LogP contribution in [0.25, 0.3) is 0 Å². The zero-order chi connectivity index (χ0) is 2.71. The van der Waals surface area contributed by atoms with Gasteiger partial charge in [0.1, 0.15) is 0 Å². The van der Waals surface area contributed by atoms with E-state index in [0.29, 0.717) is 0 Å². The van der Waals surface area contributed by atoms with E-state index in [9.17, 15) is 0 Å². The fourth-order valence-electron chi connectivity index (χ4n) is 0. The monoisotopic (exact) mass is 199 g/mol. The van der Waals surface area contributed by atoms with Crippen molar-refractivity contribution in [1.29, 1.82) is 5.26 Å². The Kier molecular flexibility index (Phi) is 80.0. The maximum absolute atomic E-state index is 7.32. The molecule has 0 aliphatic heterocycles. The molecule has 0 aromatic heterocycles. The molecule has 0 saturated heterocycles.